The molecule has 1 amide bonds. The first-order valence-electron chi connectivity index (χ1n) is 7.99. The predicted molar refractivity (Wildman–Crippen MR) is 91.7 cm³/mol. The molecule has 0 saturated heterocycles. The lowest BCUT2D eigenvalue weighted by molar-refractivity contribution is 0.0492. The normalized spacial score (nSPS) is 17.6. The molecular formula is C17H25BNO5. The van der Waals surface area contributed by atoms with Gasteiger partial charge in [-0.15, -0.1) is 0 Å². The number of hydrogen-bond acceptors (Lipinski definition) is 5. The van der Waals surface area contributed by atoms with Crippen LogP contribution in [-0.2, 0) is 9.39 Å². The van der Waals surface area contributed by atoms with Crippen molar-refractivity contribution in [2.75, 3.05) is 13.2 Å². The molecule has 7 heteroatoms. The van der Waals surface area contributed by atoms with Crippen molar-refractivity contribution in [1.29, 1.82) is 0 Å². The first kappa shape index (κ1) is 18.6. The van der Waals surface area contributed by atoms with Gasteiger partial charge in [-0.1, -0.05) is 12.1 Å². The largest absolute Gasteiger partial charge is 0.491 e. The number of ether oxygens (including phenoxy) is 2. The van der Waals surface area contributed by atoms with Crippen LogP contribution in [0.4, 0.5) is 4.79 Å². The molecule has 0 aromatic heterocycles. The molecule has 2 rings (SSSR count). The lowest BCUT2D eigenvalue weighted by Crippen LogP contribution is -2.36. The van der Waals surface area contributed by atoms with Crippen LogP contribution in [0.25, 0.3) is 0 Å². The molecule has 131 valence electrons. The van der Waals surface area contributed by atoms with Gasteiger partial charge in [0.1, 0.15) is 18.0 Å². The van der Waals surface area contributed by atoms with Crippen LogP contribution in [-0.4, -0.2) is 43.0 Å². The highest BCUT2D eigenvalue weighted by atomic mass is 16.6. The van der Waals surface area contributed by atoms with E-state index < -0.39 is 23.4 Å². The van der Waals surface area contributed by atoms with Crippen molar-refractivity contribution in [2.45, 2.75) is 51.9 Å². The second kappa shape index (κ2) is 7.03. The Morgan fingerprint density at radius 3 is 2.83 bits per heavy atom. The Labute approximate surface area is 143 Å². The van der Waals surface area contributed by atoms with Gasteiger partial charge >= 0.3 is 13.6 Å². The molecule has 1 aromatic rings. The van der Waals surface area contributed by atoms with Crippen molar-refractivity contribution in [3.63, 3.8) is 0 Å². The van der Waals surface area contributed by atoms with E-state index in [9.17, 15) is 9.90 Å². The molecule has 1 aliphatic heterocycles. The molecule has 24 heavy (non-hydrogen) atoms. The van der Waals surface area contributed by atoms with Gasteiger partial charge in [0.05, 0.1) is 18.2 Å². The zero-order valence-corrected chi connectivity index (χ0v) is 14.9. The highest BCUT2D eigenvalue weighted by molar-refractivity contribution is 6.49. The molecule has 0 aliphatic carbocycles. The number of hydrogen-bond donors (Lipinski definition) is 2. The van der Waals surface area contributed by atoms with Gasteiger partial charge in [0.25, 0.3) is 0 Å². The molecule has 6 nitrogen and oxygen atoms in total. The van der Waals surface area contributed by atoms with E-state index in [1.807, 2.05) is 19.9 Å². The van der Waals surface area contributed by atoms with Crippen molar-refractivity contribution >= 4 is 19.0 Å². The third-order valence-corrected chi connectivity index (χ3v) is 3.37. The minimum Gasteiger partial charge on any atom is -0.491 e. The topological polar surface area (TPSA) is 77.0 Å². The fourth-order valence-electron chi connectivity index (χ4n) is 2.21. The number of nitrogens with one attached hydrogen (secondary N) is 1. The first-order valence-corrected chi connectivity index (χ1v) is 7.99. The molecule has 1 unspecified atom stereocenters. The fraction of sp³-hybridized carbons (Fsp3) is 0.588. The predicted octanol–water partition coefficient (Wildman–Crippen LogP) is 1.68. The molecule has 2 N–H and O–H groups in total. The maximum Gasteiger partial charge on any atom is 0.407 e. The van der Waals surface area contributed by atoms with Crippen molar-refractivity contribution in [2.24, 2.45) is 0 Å². The smallest absolute Gasteiger partial charge is 0.407 e. The number of amides is 1. The number of fused-ring (bicyclic) bond motifs is 1. The summed E-state index contributed by atoms with van der Waals surface area (Å²) in [5.41, 5.74) is 0.276. The lowest BCUT2D eigenvalue weighted by Gasteiger charge is -2.22. The van der Waals surface area contributed by atoms with E-state index in [0.29, 0.717) is 23.4 Å². The number of carbonyl (C=O) groups excluding carboxylic acids is 1. The van der Waals surface area contributed by atoms with E-state index in [1.54, 1.807) is 40.4 Å². The summed E-state index contributed by atoms with van der Waals surface area (Å²) in [5, 5.41) is 13.0. The third-order valence-electron chi connectivity index (χ3n) is 3.37. The second-order valence-electron chi connectivity index (χ2n) is 7.44. The Kier molecular flexibility index (Phi) is 5.45. The van der Waals surface area contributed by atoms with Crippen LogP contribution >= 0.6 is 0 Å². The molecule has 1 heterocycles. The number of rotatable bonds is 3. The number of aliphatic hydroxyl groups excluding tert-OH is 1. The highest BCUT2D eigenvalue weighted by Crippen LogP contribution is 2.22. The number of aliphatic hydroxyl groups is 1. The van der Waals surface area contributed by atoms with Gasteiger partial charge in [-0.05, 0) is 51.7 Å². The molecule has 1 atom stereocenters. The Hall–Kier alpha value is -1.73. The summed E-state index contributed by atoms with van der Waals surface area (Å²) in [6.45, 7) is 9.64. The second-order valence-corrected chi connectivity index (χ2v) is 7.44. The molecule has 1 radical (unpaired) electrons. The summed E-state index contributed by atoms with van der Waals surface area (Å²) >= 11 is 0. The van der Waals surface area contributed by atoms with Crippen molar-refractivity contribution in [3.05, 3.63) is 23.8 Å². The molecular weight excluding hydrogens is 309 g/mol. The summed E-state index contributed by atoms with van der Waals surface area (Å²) in [6.07, 6.45) is -1.47. The summed E-state index contributed by atoms with van der Waals surface area (Å²) in [7, 11) is 1.61. The maximum absolute atomic E-state index is 11.7. The monoisotopic (exact) mass is 334 g/mol. The van der Waals surface area contributed by atoms with Gasteiger partial charge in [0.2, 0.25) is 0 Å². The van der Waals surface area contributed by atoms with Gasteiger partial charge in [0, 0.05) is 0 Å². The number of carbonyl (C=O) groups is 1. The molecule has 1 aromatic carbocycles. The minimum atomic E-state index is -0.905. The lowest BCUT2D eigenvalue weighted by atomic mass is 9.80. The number of alkyl carbamates (subject to hydrolysis) is 1. The summed E-state index contributed by atoms with van der Waals surface area (Å²) < 4.78 is 16.7. The van der Waals surface area contributed by atoms with Crippen LogP contribution in [0.2, 0.25) is 0 Å². The van der Waals surface area contributed by atoms with E-state index in [1.165, 1.54) is 0 Å². The van der Waals surface area contributed by atoms with Gasteiger partial charge in [-0.3, -0.25) is 0 Å². The summed E-state index contributed by atoms with van der Waals surface area (Å²) in [5.74, 6) is 0.648. The molecule has 1 aliphatic rings. The Bertz CT molecular complexity index is 597. The average molecular weight is 334 g/mol. The zero-order valence-electron chi connectivity index (χ0n) is 14.9. The molecule has 0 bridgehead atoms. The van der Waals surface area contributed by atoms with Crippen LogP contribution in [0.15, 0.2) is 18.2 Å². The molecule has 0 saturated carbocycles. The highest BCUT2D eigenvalue weighted by Gasteiger charge is 2.28. The molecule has 0 fully saturated rings. The fourth-order valence-corrected chi connectivity index (χ4v) is 2.21. The van der Waals surface area contributed by atoms with Crippen LogP contribution in [0.5, 0.6) is 5.75 Å². The van der Waals surface area contributed by atoms with Crippen LogP contribution in [0, 0.1) is 0 Å². The van der Waals surface area contributed by atoms with Crippen molar-refractivity contribution < 1.29 is 24.0 Å². The SMILES string of the molecule is CC(C)(C)OC(=O)NCC(O)c1cccc2c1[B]OC(C)(C)CO2. The van der Waals surface area contributed by atoms with E-state index in [4.69, 9.17) is 14.1 Å². The third kappa shape index (κ3) is 5.14. The number of benzene rings is 1. The standard InChI is InChI=1S/C17H25BNO5/c1-16(2,3)23-15(21)19-9-12(20)11-7-6-8-13-14(11)18-24-17(4,5)10-22-13/h6-8,12,20H,9-10H2,1-5H3,(H,19,21). The van der Waals surface area contributed by atoms with Gasteiger partial charge < -0.3 is 24.6 Å². The quantitative estimate of drug-likeness (QED) is 0.823. The van der Waals surface area contributed by atoms with Gasteiger partial charge in [-0.2, -0.15) is 0 Å². The van der Waals surface area contributed by atoms with Crippen LogP contribution in [0.3, 0.4) is 0 Å². The maximum atomic E-state index is 11.7. The Morgan fingerprint density at radius 2 is 2.17 bits per heavy atom. The Balaban J connectivity index is 2.06. The van der Waals surface area contributed by atoms with Gasteiger partial charge in [0.15, 0.2) is 0 Å². The van der Waals surface area contributed by atoms with Crippen LogP contribution in [0.1, 0.15) is 46.3 Å². The molecule has 0 spiro atoms. The average Bonchev–Trinajstić information content (AvgIpc) is 2.62. The van der Waals surface area contributed by atoms with Crippen molar-refractivity contribution in [3.8, 4) is 5.75 Å². The minimum absolute atomic E-state index is 0.0304. The summed E-state index contributed by atoms with van der Waals surface area (Å²) in [4.78, 5) is 11.7. The van der Waals surface area contributed by atoms with E-state index in [2.05, 4.69) is 5.32 Å². The van der Waals surface area contributed by atoms with E-state index in [0.717, 1.165) is 0 Å². The Morgan fingerprint density at radius 1 is 1.46 bits per heavy atom. The van der Waals surface area contributed by atoms with Gasteiger partial charge in [-0.25, -0.2) is 4.79 Å². The van der Waals surface area contributed by atoms with E-state index in [-0.39, 0.29) is 6.54 Å². The summed E-state index contributed by atoms with van der Waals surface area (Å²) in [6, 6.07) is 5.41. The first-order chi connectivity index (χ1) is 11.1. The van der Waals surface area contributed by atoms with E-state index >= 15 is 0 Å². The zero-order chi connectivity index (χ0) is 18.0. The van der Waals surface area contributed by atoms with Crippen molar-refractivity contribution in [1.82, 2.24) is 5.32 Å². The van der Waals surface area contributed by atoms with Crippen LogP contribution < -0.4 is 15.5 Å².